The molecule has 0 saturated carbocycles. The fraction of sp³-hybridized carbons (Fsp3) is 0.333. The van der Waals surface area contributed by atoms with E-state index in [0.717, 1.165) is 40.1 Å². The average molecular weight is 443 g/mol. The highest BCUT2D eigenvalue weighted by atomic mass is 79.9. The number of benzene rings is 1. The minimum Gasteiger partial charge on any atom is -0.378 e. The molecule has 0 spiro atoms. The van der Waals surface area contributed by atoms with Gasteiger partial charge in [-0.1, -0.05) is 6.07 Å². The van der Waals surface area contributed by atoms with Gasteiger partial charge in [0.25, 0.3) is 0 Å². The summed E-state index contributed by atoms with van der Waals surface area (Å²) in [6.45, 7) is 5.45. The van der Waals surface area contributed by atoms with Crippen molar-refractivity contribution in [3.05, 3.63) is 40.3 Å². The molecule has 4 aromatic rings. The molecule has 1 saturated heterocycles. The lowest BCUT2D eigenvalue weighted by atomic mass is 10.2. The fourth-order valence-corrected chi connectivity index (χ4v) is 3.62. The molecule has 9 nitrogen and oxygen atoms in total. The van der Waals surface area contributed by atoms with Crippen molar-refractivity contribution in [2.75, 3.05) is 36.5 Å². The molecule has 28 heavy (non-hydrogen) atoms. The van der Waals surface area contributed by atoms with Gasteiger partial charge in [0.05, 0.1) is 41.5 Å². The number of halogens is 1. The molecule has 144 valence electrons. The van der Waals surface area contributed by atoms with E-state index in [9.17, 15) is 0 Å². The predicted molar refractivity (Wildman–Crippen MR) is 110 cm³/mol. The van der Waals surface area contributed by atoms with Crippen molar-refractivity contribution in [1.82, 2.24) is 29.5 Å². The highest BCUT2D eigenvalue weighted by Gasteiger charge is 2.18. The van der Waals surface area contributed by atoms with Crippen molar-refractivity contribution in [3.8, 4) is 0 Å². The molecule has 3 aromatic heterocycles. The Balaban J connectivity index is 1.46. The van der Waals surface area contributed by atoms with Gasteiger partial charge in [0.2, 0.25) is 11.9 Å². The molecule has 1 aliphatic heterocycles. The normalized spacial score (nSPS) is 14.9. The molecular formula is C18H19BrN8O. The first-order valence-corrected chi connectivity index (χ1v) is 9.90. The number of aromatic amines is 1. The Hall–Kier alpha value is -2.72. The van der Waals surface area contributed by atoms with Crippen molar-refractivity contribution < 1.29 is 4.74 Å². The Morgan fingerprint density at radius 3 is 2.93 bits per heavy atom. The summed E-state index contributed by atoms with van der Waals surface area (Å²) in [5.74, 6) is 2.13. The van der Waals surface area contributed by atoms with Crippen LogP contribution in [-0.4, -0.2) is 55.9 Å². The molecule has 0 unspecified atom stereocenters. The number of morpholine rings is 1. The Morgan fingerprint density at radius 1 is 1.21 bits per heavy atom. The number of anilines is 2. The lowest BCUT2D eigenvalue weighted by Gasteiger charge is -2.27. The maximum atomic E-state index is 5.44. The zero-order valence-corrected chi connectivity index (χ0v) is 16.9. The molecule has 1 aliphatic rings. The van der Waals surface area contributed by atoms with Crippen molar-refractivity contribution in [3.63, 3.8) is 0 Å². The number of rotatable bonds is 4. The molecular weight excluding hydrogens is 424 g/mol. The number of nitrogens with one attached hydrogen (secondary N) is 2. The Kier molecular flexibility index (Phi) is 4.36. The molecule has 0 amide bonds. The zero-order chi connectivity index (χ0) is 19.1. The van der Waals surface area contributed by atoms with Crippen LogP contribution in [0.2, 0.25) is 0 Å². The summed E-state index contributed by atoms with van der Waals surface area (Å²) >= 11 is 3.52. The zero-order valence-electron chi connectivity index (χ0n) is 15.3. The summed E-state index contributed by atoms with van der Waals surface area (Å²) < 4.78 is 7.96. The molecule has 2 N–H and O–H groups in total. The van der Waals surface area contributed by atoms with E-state index in [1.807, 2.05) is 6.07 Å². The SMILES string of the molecule is Cc1ccc2[nH]c(CNc3nc(N4CCOCC4)nc4c(Br)cnn34)nc2c1. The number of imidazole rings is 1. The predicted octanol–water partition coefficient (Wildman–Crippen LogP) is 2.52. The third-order valence-corrected chi connectivity index (χ3v) is 5.27. The number of hydrogen-bond acceptors (Lipinski definition) is 7. The van der Waals surface area contributed by atoms with Crippen LogP contribution in [-0.2, 0) is 11.3 Å². The van der Waals surface area contributed by atoms with E-state index in [-0.39, 0.29) is 0 Å². The third-order valence-electron chi connectivity index (χ3n) is 4.71. The number of ether oxygens (including phenoxy) is 1. The first kappa shape index (κ1) is 17.4. The molecule has 0 radical (unpaired) electrons. The van der Waals surface area contributed by atoms with Crippen molar-refractivity contribution in [2.45, 2.75) is 13.5 Å². The van der Waals surface area contributed by atoms with Gasteiger partial charge in [-0.2, -0.15) is 19.6 Å². The summed E-state index contributed by atoms with van der Waals surface area (Å²) in [6, 6.07) is 6.19. The van der Waals surface area contributed by atoms with E-state index in [1.54, 1.807) is 10.7 Å². The Bertz CT molecular complexity index is 1150. The van der Waals surface area contributed by atoms with Crippen molar-refractivity contribution in [2.24, 2.45) is 0 Å². The Labute approximate surface area is 169 Å². The van der Waals surface area contributed by atoms with Gasteiger partial charge in [0, 0.05) is 13.1 Å². The second-order valence-electron chi connectivity index (χ2n) is 6.73. The number of nitrogens with zero attached hydrogens (tertiary/aromatic N) is 6. The molecule has 5 rings (SSSR count). The molecule has 1 aromatic carbocycles. The monoisotopic (exact) mass is 442 g/mol. The fourth-order valence-electron chi connectivity index (χ4n) is 3.27. The number of aromatic nitrogens is 6. The van der Waals surface area contributed by atoms with Gasteiger partial charge < -0.3 is 19.9 Å². The van der Waals surface area contributed by atoms with Crippen LogP contribution >= 0.6 is 15.9 Å². The highest BCUT2D eigenvalue weighted by Crippen LogP contribution is 2.22. The third kappa shape index (κ3) is 3.18. The number of aryl methyl sites for hydroxylation is 1. The number of hydrogen-bond donors (Lipinski definition) is 2. The molecule has 0 bridgehead atoms. The van der Waals surface area contributed by atoms with Crippen LogP contribution in [0.5, 0.6) is 0 Å². The minimum absolute atomic E-state index is 0.500. The van der Waals surface area contributed by atoms with E-state index >= 15 is 0 Å². The maximum Gasteiger partial charge on any atom is 0.230 e. The molecule has 10 heteroatoms. The minimum atomic E-state index is 0.500. The van der Waals surface area contributed by atoms with Gasteiger partial charge in [-0.15, -0.1) is 0 Å². The lowest BCUT2D eigenvalue weighted by molar-refractivity contribution is 0.122. The van der Waals surface area contributed by atoms with Crippen LogP contribution in [0, 0.1) is 6.92 Å². The summed E-state index contributed by atoms with van der Waals surface area (Å²) in [4.78, 5) is 19.5. The highest BCUT2D eigenvalue weighted by molar-refractivity contribution is 9.10. The smallest absolute Gasteiger partial charge is 0.230 e. The summed E-state index contributed by atoms with van der Waals surface area (Å²) in [6.07, 6.45) is 1.72. The molecule has 1 fully saturated rings. The van der Waals surface area contributed by atoms with E-state index in [4.69, 9.17) is 9.72 Å². The van der Waals surface area contributed by atoms with E-state index in [0.29, 0.717) is 31.7 Å². The van der Waals surface area contributed by atoms with E-state index in [2.05, 4.69) is 65.3 Å². The van der Waals surface area contributed by atoms with Crippen LogP contribution in [0.3, 0.4) is 0 Å². The van der Waals surface area contributed by atoms with Crippen molar-refractivity contribution >= 4 is 44.5 Å². The topological polar surface area (TPSA) is 96.3 Å². The van der Waals surface area contributed by atoms with Gasteiger partial charge in [0.1, 0.15) is 5.82 Å². The quantitative estimate of drug-likeness (QED) is 0.501. The lowest BCUT2D eigenvalue weighted by Crippen LogP contribution is -2.37. The molecule has 4 heterocycles. The summed E-state index contributed by atoms with van der Waals surface area (Å²) in [5, 5.41) is 7.73. The van der Waals surface area contributed by atoms with Crippen LogP contribution in [0.15, 0.2) is 28.9 Å². The van der Waals surface area contributed by atoms with Crippen molar-refractivity contribution in [1.29, 1.82) is 0 Å². The second kappa shape index (κ2) is 7.02. The number of fused-ring (bicyclic) bond motifs is 2. The standard InChI is InChI=1S/C18H19BrN8O/c1-11-2-3-13-14(8-11)23-15(22-13)10-20-17-25-18(26-4-6-28-7-5-26)24-16-12(19)9-21-27(16)17/h2-3,8-9H,4-7,10H2,1H3,(H,22,23)(H,20,24,25). The van der Waals surface area contributed by atoms with Gasteiger partial charge in [-0.25, -0.2) is 4.98 Å². The molecule has 0 atom stereocenters. The average Bonchev–Trinajstić information content (AvgIpc) is 3.29. The van der Waals surface area contributed by atoms with E-state index < -0.39 is 0 Å². The van der Waals surface area contributed by atoms with Crippen LogP contribution in [0.25, 0.3) is 16.7 Å². The largest absolute Gasteiger partial charge is 0.378 e. The van der Waals surface area contributed by atoms with Gasteiger partial charge in [0.15, 0.2) is 5.65 Å². The van der Waals surface area contributed by atoms with Crippen LogP contribution in [0.4, 0.5) is 11.9 Å². The van der Waals surface area contributed by atoms with E-state index in [1.165, 1.54) is 5.56 Å². The summed E-state index contributed by atoms with van der Waals surface area (Å²) in [5.41, 5.74) is 3.89. The Morgan fingerprint density at radius 2 is 2.07 bits per heavy atom. The van der Waals surface area contributed by atoms with Crippen LogP contribution < -0.4 is 10.2 Å². The number of H-pyrrole nitrogens is 1. The molecule has 0 aliphatic carbocycles. The summed E-state index contributed by atoms with van der Waals surface area (Å²) in [7, 11) is 0. The first-order chi connectivity index (χ1) is 13.7. The second-order valence-corrected chi connectivity index (χ2v) is 7.59. The van der Waals surface area contributed by atoms with Gasteiger partial charge in [-0.05, 0) is 40.5 Å². The van der Waals surface area contributed by atoms with Crippen LogP contribution in [0.1, 0.15) is 11.4 Å². The first-order valence-electron chi connectivity index (χ1n) is 9.10. The maximum absolute atomic E-state index is 5.44. The van der Waals surface area contributed by atoms with Gasteiger partial charge in [-0.3, -0.25) is 0 Å². The van der Waals surface area contributed by atoms with Gasteiger partial charge >= 0.3 is 0 Å².